The molecule has 0 saturated heterocycles. The number of ether oxygens (including phenoxy) is 4. The van der Waals surface area contributed by atoms with Crippen LogP contribution < -0.4 is 16.8 Å². The second kappa shape index (κ2) is 49.4. The summed E-state index contributed by atoms with van der Waals surface area (Å²) in [7, 11) is 0. The number of ketones is 2. The molecule has 0 aromatic carbocycles. The van der Waals surface area contributed by atoms with Crippen LogP contribution in [0.25, 0.3) is 0 Å². The molecule has 0 fully saturated rings. The summed E-state index contributed by atoms with van der Waals surface area (Å²) in [5.74, 6) is -1.55. The number of nitrogens with one attached hydrogen (secondary N) is 1. The SMILES string of the molecule is CCCCCCCCCCCCCCCC(=O)OCC[C@H](CSC[C@H](N)C(=O)N[C@@H](CO)C(=O)CCCOCCOCCC(=O)CCC(N)=O)OC(=O)CCCCCCCCCCCCCCC. The van der Waals surface area contributed by atoms with Crippen LogP contribution in [-0.4, -0.2) is 110 Å². The van der Waals surface area contributed by atoms with E-state index in [0.29, 0.717) is 31.4 Å². The maximum absolute atomic E-state index is 12.9. The van der Waals surface area contributed by atoms with Gasteiger partial charge in [0, 0.05) is 63.1 Å². The molecule has 0 unspecified atom stereocenters. The number of nitrogens with two attached hydrogens (primary N) is 2. The minimum Gasteiger partial charge on any atom is -0.466 e. The molecular formula is C53H99N3O11S. The molecule has 0 heterocycles. The summed E-state index contributed by atoms with van der Waals surface area (Å²) in [5, 5.41) is 12.4. The Morgan fingerprint density at radius 3 is 1.47 bits per heavy atom. The minimum atomic E-state index is -1.11. The number of rotatable bonds is 53. The maximum Gasteiger partial charge on any atom is 0.306 e. The molecular weight excluding hydrogens is 887 g/mol. The summed E-state index contributed by atoms with van der Waals surface area (Å²) in [4.78, 5) is 73.6. The molecule has 398 valence electrons. The summed E-state index contributed by atoms with van der Waals surface area (Å²) in [6, 6.07) is -2.09. The standard InChI is InChI=1S/C53H99N3O11S/c1-3-5-7-9-11-13-15-17-19-21-23-25-27-31-51(61)66-39-36-46(67-52(62)32-28-26-24-22-20-18-16-14-12-10-8-6-4-2)43-68-44-47(54)53(63)56-48(42-57)49(59)30-29-37-64-40-41-65-38-35-45(58)33-34-50(55)60/h46-48,57H,3-44,54H2,1-2H3,(H2,55,60)(H,56,63)/t46-,47+,48+/m1/s1. The first kappa shape index (κ1) is 65.4. The zero-order chi connectivity index (χ0) is 50.1. The minimum absolute atomic E-state index is 0.0228. The van der Waals surface area contributed by atoms with Crippen LogP contribution in [0, 0.1) is 0 Å². The zero-order valence-corrected chi connectivity index (χ0v) is 43.8. The lowest BCUT2D eigenvalue weighted by molar-refractivity contribution is -0.150. The fourth-order valence-corrected chi connectivity index (χ4v) is 8.74. The molecule has 68 heavy (non-hydrogen) atoms. The second-order valence-electron chi connectivity index (χ2n) is 18.5. The summed E-state index contributed by atoms with van der Waals surface area (Å²) < 4.78 is 22.3. The Kier molecular flexibility index (Phi) is 47.5. The van der Waals surface area contributed by atoms with E-state index in [9.17, 15) is 33.9 Å². The fraction of sp³-hybridized carbons (Fsp3) is 0.887. The number of Topliss-reactive ketones (excluding diaryl/α,β-unsaturated/α-hetero) is 2. The van der Waals surface area contributed by atoms with Crippen molar-refractivity contribution in [2.24, 2.45) is 11.5 Å². The highest BCUT2D eigenvalue weighted by Gasteiger charge is 2.24. The molecule has 3 atom stereocenters. The Hall–Kier alpha value is -2.59. The summed E-state index contributed by atoms with van der Waals surface area (Å²) in [5.41, 5.74) is 11.2. The van der Waals surface area contributed by atoms with Crippen molar-refractivity contribution >= 4 is 47.1 Å². The van der Waals surface area contributed by atoms with Gasteiger partial charge in [-0.15, -0.1) is 0 Å². The first-order valence-corrected chi connectivity index (χ1v) is 28.3. The van der Waals surface area contributed by atoms with Crippen LogP contribution in [0.1, 0.15) is 232 Å². The van der Waals surface area contributed by atoms with Crippen molar-refractivity contribution in [2.45, 2.75) is 250 Å². The largest absolute Gasteiger partial charge is 0.466 e. The highest BCUT2D eigenvalue weighted by Crippen LogP contribution is 2.17. The molecule has 0 saturated carbocycles. The molecule has 0 aliphatic heterocycles. The Morgan fingerprint density at radius 2 is 0.985 bits per heavy atom. The third kappa shape index (κ3) is 44.6. The van der Waals surface area contributed by atoms with E-state index in [1.807, 2.05) is 0 Å². The topological polar surface area (TPSA) is 224 Å². The van der Waals surface area contributed by atoms with Gasteiger partial charge in [-0.1, -0.05) is 168 Å². The highest BCUT2D eigenvalue weighted by atomic mass is 32.2. The van der Waals surface area contributed by atoms with E-state index in [1.54, 1.807) is 0 Å². The molecule has 0 aliphatic rings. The van der Waals surface area contributed by atoms with Crippen LogP contribution in [-0.2, 0) is 47.7 Å². The number of carbonyl (C=O) groups excluding carboxylic acids is 6. The molecule has 0 aromatic heterocycles. The monoisotopic (exact) mass is 986 g/mol. The molecule has 0 aromatic rings. The zero-order valence-electron chi connectivity index (χ0n) is 43.0. The number of esters is 2. The van der Waals surface area contributed by atoms with Crippen LogP contribution in [0.4, 0.5) is 0 Å². The summed E-state index contributed by atoms with van der Waals surface area (Å²) in [6.07, 6.45) is 33.1. The maximum atomic E-state index is 12.9. The Balaban J connectivity index is 4.66. The van der Waals surface area contributed by atoms with E-state index >= 15 is 0 Å². The van der Waals surface area contributed by atoms with Gasteiger partial charge >= 0.3 is 11.9 Å². The molecule has 0 bridgehead atoms. The predicted molar refractivity (Wildman–Crippen MR) is 274 cm³/mol. The molecule has 2 amide bonds. The van der Waals surface area contributed by atoms with Crippen molar-refractivity contribution in [3.8, 4) is 0 Å². The summed E-state index contributed by atoms with van der Waals surface area (Å²) in [6.45, 7) is 5.04. The van der Waals surface area contributed by atoms with E-state index in [0.717, 1.165) is 38.5 Å². The molecule has 6 N–H and O–H groups in total. The lowest BCUT2D eigenvalue weighted by Crippen LogP contribution is -2.51. The van der Waals surface area contributed by atoms with Crippen molar-refractivity contribution in [1.82, 2.24) is 5.32 Å². The highest BCUT2D eigenvalue weighted by molar-refractivity contribution is 7.99. The molecule has 0 aliphatic carbocycles. The van der Waals surface area contributed by atoms with Crippen LogP contribution in [0.2, 0.25) is 0 Å². The average Bonchev–Trinajstić information content (AvgIpc) is 3.32. The smallest absolute Gasteiger partial charge is 0.306 e. The van der Waals surface area contributed by atoms with Crippen LogP contribution in [0.5, 0.6) is 0 Å². The quantitative estimate of drug-likeness (QED) is 0.0329. The molecule has 15 heteroatoms. The van der Waals surface area contributed by atoms with Gasteiger partial charge in [-0.2, -0.15) is 11.8 Å². The number of unbranched alkanes of at least 4 members (excludes halogenated alkanes) is 24. The van der Waals surface area contributed by atoms with Gasteiger partial charge in [0.1, 0.15) is 17.9 Å². The third-order valence-electron chi connectivity index (χ3n) is 12.1. The number of aliphatic hydroxyl groups excluding tert-OH is 1. The number of primary amides is 1. The average molecular weight is 986 g/mol. The van der Waals surface area contributed by atoms with Gasteiger partial charge in [-0.25, -0.2) is 0 Å². The van der Waals surface area contributed by atoms with E-state index in [-0.39, 0.29) is 88.0 Å². The normalized spacial score (nSPS) is 12.6. The number of hydrogen-bond donors (Lipinski definition) is 4. The van der Waals surface area contributed by atoms with E-state index in [4.69, 9.17) is 30.4 Å². The van der Waals surface area contributed by atoms with Gasteiger partial charge in [-0.3, -0.25) is 28.8 Å². The van der Waals surface area contributed by atoms with E-state index in [1.165, 1.54) is 140 Å². The first-order valence-electron chi connectivity index (χ1n) is 27.1. The molecule has 0 rings (SSSR count). The Labute approximate surface area is 416 Å². The van der Waals surface area contributed by atoms with Crippen LogP contribution in [0.15, 0.2) is 0 Å². The van der Waals surface area contributed by atoms with Crippen molar-refractivity contribution < 1.29 is 52.8 Å². The van der Waals surface area contributed by atoms with Gasteiger partial charge in [-0.05, 0) is 19.3 Å². The van der Waals surface area contributed by atoms with Crippen LogP contribution >= 0.6 is 11.8 Å². The van der Waals surface area contributed by atoms with Gasteiger partial charge in [0.25, 0.3) is 0 Å². The van der Waals surface area contributed by atoms with Crippen molar-refractivity contribution in [3.63, 3.8) is 0 Å². The Morgan fingerprint density at radius 1 is 0.515 bits per heavy atom. The number of aliphatic hydroxyl groups is 1. The predicted octanol–water partition coefficient (Wildman–Crippen LogP) is 9.94. The lowest BCUT2D eigenvalue weighted by atomic mass is 10.0. The van der Waals surface area contributed by atoms with Gasteiger partial charge in [0.05, 0.1) is 39.1 Å². The number of hydrogen-bond acceptors (Lipinski definition) is 13. The number of amides is 2. The fourth-order valence-electron chi connectivity index (χ4n) is 7.70. The van der Waals surface area contributed by atoms with E-state index < -0.39 is 36.6 Å². The van der Waals surface area contributed by atoms with Crippen molar-refractivity contribution in [2.75, 3.05) is 51.1 Å². The molecule has 0 spiro atoms. The lowest BCUT2D eigenvalue weighted by Gasteiger charge is -2.20. The third-order valence-corrected chi connectivity index (χ3v) is 13.3. The second-order valence-corrected chi connectivity index (χ2v) is 19.6. The van der Waals surface area contributed by atoms with Crippen molar-refractivity contribution in [1.29, 1.82) is 0 Å². The number of thioether (sulfide) groups is 1. The van der Waals surface area contributed by atoms with Gasteiger partial charge in [0.15, 0.2) is 5.78 Å². The van der Waals surface area contributed by atoms with Gasteiger partial charge < -0.3 is 40.8 Å². The first-order chi connectivity index (χ1) is 33.0. The van der Waals surface area contributed by atoms with Gasteiger partial charge in [0.2, 0.25) is 11.8 Å². The summed E-state index contributed by atoms with van der Waals surface area (Å²) >= 11 is 1.34. The van der Waals surface area contributed by atoms with Crippen LogP contribution in [0.3, 0.4) is 0 Å². The Bertz CT molecular complexity index is 1260. The van der Waals surface area contributed by atoms with Crippen molar-refractivity contribution in [3.05, 3.63) is 0 Å². The number of carbonyl (C=O) groups is 6. The van der Waals surface area contributed by atoms with E-state index in [2.05, 4.69) is 19.2 Å². The molecule has 0 radical (unpaired) electrons. The molecule has 14 nitrogen and oxygen atoms in total.